The van der Waals surface area contributed by atoms with Crippen LogP contribution in [0.5, 0.6) is 0 Å². The van der Waals surface area contributed by atoms with Crippen LogP contribution in [0.25, 0.3) is 10.2 Å². The normalized spacial score (nSPS) is 20.5. The smallest absolute Gasteiger partial charge is 0.261 e. The van der Waals surface area contributed by atoms with Gasteiger partial charge in [-0.3, -0.25) is 14.4 Å². The van der Waals surface area contributed by atoms with E-state index in [0.717, 1.165) is 28.1 Å². The molecular weight excluding hydrogens is 398 g/mol. The number of nitrogens with one attached hydrogen (secondary N) is 1. The van der Waals surface area contributed by atoms with E-state index < -0.39 is 5.56 Å². The van der Waals surface area contributed by atoms with Gasteiger partial charge in [-0.05, 0) is 42.9 Å². The van der Waals surface area contributed by atoms with E-state index in [-0.39, 0.29) is 28.7 Å². The summed E-state index contributed by atoms with van der Waals surface area (Å²) in [4.78, 5) is 48.1. The van der Waals surface area contributed by atoms with E-state index in [0.29, 0.717) is 30.6 Å². The lowest BCUT2D eigenvalue weighted by Gasteiger charge is -2.30. The van der Waals surface area contributed by atoms with Gasteiger partial charge in [-0.25, -0.2) is 4.98 Å². The number of pyridine rings is 1. The molecule has 1 atom stereocenters. The van der Waals surface area contributed by atoms with Gasteiger partial charge in [0.1, 0.15) is 10.6 Å². The SMILES string of the molecule is CC1(C)CC(=O)c2cc(C(=O)N3CCCC3c3nc4ccccc4s3)c(=O)[nH]c2C1. The minimum absolute atomic E-state index is 0.0179. The van der Waals surface area contributed by atoms with Crippen LogP contribution in [0, 0.1) is 5.41 Å². The maximum absolute atomic E-state index is 13.4. The van der Waals surface area contributed by atoms with E-state index in [9.17, 15) is 14.4 Å². The van der Waals surface area contributed by atoms with E-state index in [2.05, 4.69) is 4.98 Å². The monoisotopic (exact) mass is 421 g/mol. The molecule has 1 aliphatic carbocycles. The van der Waals surface area contributed by atoms with Crippen LogP contribution in [0.3, 0.4) is 0 Å². The highest BCUT2D eigenvalue weighted by Crippen LogP contribution is 2.38. The number of hydrogen-bond donors (Lipinski definition) is 1. The molecule has 1 aromatic carbocycles. The number of aromatic nitrogens is 2. The summed E-state index contributed by atoms with van der Waals surface area (Å²) in [5.41, 5.74) is 1.49. The molecule has 1 N–H and O–H groups in total. The predicted molar refractivity (Wildman–Crippen MR) is 116 cm³/mol. The fraction of sp³-hybridized carbons (Fsp3) is 0.391. The maximum Gasteiger partial charge on any atom is 0.261 e. The van der Waals surface area contributed by atoms with Crippen molar-refractivity contribution in [1.82, 2.24) is 14.9 Å². The van der Waals surface area contributed by atoms with Gasteiger partial charge < -0.3 is 9.88 Å². The highest BCUT2D eigenvalue weighted by molar-refractivity contribution is 7.18. The summed E-state index contributed by atoms with van der Waals surface area (Å²) in [5.74, 6) is -0.339. The molecule has 0 spiro atoms. The van der Waals surface area contributed by atoms with Crippen LogP contribution in [-0.4, -0.2) is 33.1 Å². The lowest BCUT2D eigenvalue weighted by molar-refractivity contribution is 0.0733. The quantitative estimate of drug-likeness (QED) is 0.675. The number of ketones is 1. The van der Waals surface area contributed by atoms with E-state index in [4.69, 9.17) is 4.98 Å². The van der Waals surface area contributed by atoms with Crippen molar-refractivity contribution >= 4 is 33.2 Å². The Balaban J connectivity index is 1.50. The molecule has 30 heavy (non-hydrogen) atoms. The molecule has 1 amide bonds. The Bertz CT molecular complexity index is 1210. The second kappa shape index (κ2) is 6.87. The third-order valence-electron chi connectivity index (χ3n) is 6.06. The van der Waals surface area contributed by atoms with Gasteiger partial charge in [-0.15, -0.1) is 11.3 Å². The van der Waals surface area contributed by atoms with Gasteiger partial charge in [0, 0.05) is 24.2 Å². The number of Topliss-reactive ketones (excluding diaryl/α,β-unsaturated/α-hetero) is 1. The van der Waals surface area contributed by atoms with Gasteiger partial charge in [0.25, 0.3) is 11.5 Å². The molecule has 154 valence electrons. The number of likely N-dealkylation sites (tertiary alicyclic amines) is 1. The fourth-order valence-electron chi connectivity index (χ4n) is 4.64. The molecular formula is C23H23N3O3S. The molecule has 2 aliphatic rings. The van der Waals surface area contributed by atoms with Crippen LogP contribution < -0.4 is 5.56 Å². The Hall–Kier alpha value is -2.80. The third-order valence-corrected chi connectivity index (χ3v) is 7.19. The van der Waals surface area contributed by atoms with Gasteiger partial charge in [0.2, 0.25) is 0 Å². The van der Waals surface area contributed by atoms with Crippen molar-refractivity contribution in [3.8, 4) is 0 Å². The lowest BCUT2D eigenvalue weighted by Crippen LogP contribution is -2.37. The van der Waals surface area contributed by atoms with Crippen molar-refractivity contribution < 1.29 is 9.59 Å². The first-order valence-corrected chi connectivity index (χ1v) is 11.1. The molecule has 6 nitrogen and oxygen atoms in total. The molecule has 7 heteroatoms. The summed E-state index contributed by atoms with van der Waals surface area (Å²) in [6.45, 7) is 4.60. The molecule has 1 saturated heterocycles. The van der Waals surface area contributed by atoms with Crippen LogP contribution in [0.2, 0.25) is 0 Å². The van der Waals surface area contributed by atoms with Crippen LogP contribution >= 0.6 is 11.3 Å². The number of aromatic amines is 1. The fourth-order valence-corrected chi connectivity index (χ4v) is 5.76. The van der Waals surface area contributed by atoms with Crippen LogP contribution in [0.1, 0.15) is 70.6 Å². The number of thiazole rings is 1. The standard InChI is InChI=1S/C23H23N3O3S/c1-23(2)11-16-13(18(27)12-23)10-14(20(28)24-16)22(29)26-9-5-7-17(26)21-25-15-6-3-4-8-19(15)30-21/h3-4,6,8,10,17H,5,7,9,11-12H2,1-2H3,(H,24,28). The minimum Gasteiger partial charge on any atom is -0.329 e. The number of amides is 1. The predicted octanol–water partition coefficient (Wildman–Crippen LogP) is 4.12. The highest BCUT2D eigenvalue weighted by atomic mass is 32.1. The Morgan fingerprint density at radius 2 is 2.03 bits per heavy atom. The Labute approximate surface area is 177 Å². The Morgan fingerprint density at radius 1 is 1.23 bits per heavy atom. The summed E-state index contributed by atoms with van der Waals surface area (Å²) in [6, 6.07) is 9.31. The second-order valence-corrected chi connectivity index (χ2v) is 10.1. The zero-order valence-electron chi connectivity index (χ0n) is 17.0. The number of H-pyrrole nitrogens is 1. The van der Waals surface area contributed by atoms with E-state index in [1.54, 1.807) is 16.2 Å². The number of carbonyl (C=O) groups excluding carboxylic acids is 2. The first-order chi connectivity index (χ1) is 14.3. The van der Waals surface area contributed by atoms with Gasteiger partial charge in [0.05, 0.1) is 16.3 Å². The van der Waals surface area contributed by atoms with Gasteiger partial charge >= 0.3 is 0 Å². The maximum atomic E-state index is 13.4. The molecule has 1 unspecified atom stereocenters. The summed E-state index contributed by atoms with van der Waals surface area (Å²) < 4.78 is 1.09. The first kappa shape index (κ1) is 19.2. The Kier molecular flexibility index (Phi) is 4.39. The molecule has 1 aliphatic heterocycles. The average Bonchev–Trinajstić information content (AvgIpc) is 3.32. The number of fused-ring (bicyclic) bond motifs is 2. The van der Waals surface area contributed by atoms with E-state index >= 15 is 0 Å². The van der Waals surface area contributed by atoms with Crippen molar-refractivity contribution in [3.63, 3.8) is 0 Å². The van der Waals surface area contributed by atoms with Crippen molar-refractivity contribution in [2.75, 3.05) is 6.54 Å². The van der Waals surface area contributed by atoms with Crippen molar-refractivity contribution in [2.45, 2.75) is 45.6 Å². The molecule has 5 rings (SSSR count). The molecule has 0 saturated carbocycles. The molecule has 0 bridgehead atoms. The second-order valence-electron chi connectivity index (χ2n) is 9.02. The third kappa shape index (κ3) is 3.17. The zero-order valence-corrected chi connectivity index (χ0v) is 17.8. The van der Waals surface area contributed by atoms with Crippen LogP contribution in [-0.2, 0) is 6.42 Å². The molecule has 3 heterocycles. The molecule has 2 aromatic heterocycles. The number of carbonyl (C=O) groups is 2. The van der Waals surface area contributed by atoms with Gasteiger partial charge in [0.15, 0.2) is 5.78 Å². The summed E-state index contributed by atoms with van der Waals surface area (Å²) in [7, 11) is 0. The largest absolute Gasteiger partial charge is 0.329 e. The number of nitrogens with zero attached hydrogens (tertiary/aromatic N) is 2. The van der Waals surface area contributed by atoms with Crippen LogP contribution in [0.4, 0.5) is 0 Å². The average molecular weight is 422 g/mol. The number of benzene rings is 1. The van der Waals surface area contributed by atoms with Gasteiger partial charge in [-0.2, -0.15) is 0 Å². The topological polar surface area (TPSA) is 83.1 Å². The highest BCUT2D eigenvalue weighted by Gasteiger charge is 2.36. The first-order valence-electron chi connectivity index (χ1n) is 10.3. The number of rotatable bonds is 2. The van der Waals surface area contributed by atoms with E-state index in [1.165, 1.54) is 6.07 Å². The van der Waals surface area contributed by atoms with Crippen LogP contribution in [0.15, 0.2) is 35.1 Å². The minimum atomic E-state index is -0.417. The number of hydrogen-bond acceptors (Lipinski definition) is 5. The van der Waals surface area contributed by atoms with Crippen molar-refractivity contribution in [2.24, 2.45) is 5.41 Å². The van der Waals surface area contributed by atoms with Crippen molar-refractivity contribution in [1.29, 1.82) is 0 Å². The van der Waals surface area contributed by atoms with Crippen molar-refractivity contribution in [3.05, 3.63) is 62.5 Å². The zero-order chi connectivity index (χ0) is 21.0. The summed E-state index contributed by atoms with van der Waals surface area (Å²) in [6.07, 6.45) is 2.72. The Morgan fingerprint density at radius 3 is 2.83 bits per heavy atom. The molecule has 0 radical (unpaired) electrons. The lowest BCUT2D eigenvalue weighted by atomic mass is 9.75. The summed E-state index contributed by atoms with van der Waals surface area (Å²) in [5, 5.41) is 0.897. The number of para-hydroxylation sites is 1. The van der Waals surface area contributed by atoms with Gasteiger partial charge in [-0.1, -0.05) is 26.0 Å². The molecule has 3 aromatic rings. The van der Waals surface area contributed by atoms with E-state index in [1.807, 2.05) is 38.1 Å². The molecule has 1 fully saturated rings. The summed E-state index contributed by atoms with van der Waals surface area (Å²) >= 11 is 1.59.